The van der Waals surface area contributed by atoms with Gasteiger partial charge in [-0.15, -0.1) is 0 Å². The van der Waals surface area contributed by atoms with E-state index in [0.717, 1.165) is 41.8 Å². The highest BCUT2D eigenvalue weighted by Gasteiger charge is 2.33. The van der Waals surface area contributed by atoms with Crippen LogP contribution >= 0.6 is 0 Å². The number of primary amides is 1. The van der Waals surface area contributed by atoms with E-state index >= 15 is 0 Å². The SMILES string of the molecule is Cc1cc(C)cc(NC(=O)[C@H](c2ccccc2)N2CCC[C@H](C(N)=O)C2)c1. The molecule has 0 radical (unpaired) electrons. The van der Waals surface area contributed by atoms with Gasteiger partial charge in [0.15, 0.2) is 0 Å². The fraction of sp³-hybridized carbons (Fsp3) is 0.364. The van der Waals surface area contributed by atoms with Gasteiger partial charge in [0.25, 0.3) is 0 Å². The van der Waals surface area contributed by atoms with Gasteiger partial charge in [0.1, 0.15) is 6.04 Å². The number of amides is 2. The smallest absolute Gasteiger partial charge is 0.246 e. The maximum Gasteiger partial charge on any atom is 0.246 e. The quantitative estimate of drug-likeness (QED) is 0.854. The fourth-order valence-electron chi connectivity index (χ4n) is 3.89. The number of likely N-dealkylation sites (tertiary alicyclic amines) is 1. The Balaban J connectivity index is 1.87. The first kappa shape index (κ1) is 19.1. The van der Waals surface area contributed by atoms with Crippen LogP contribution in [0, 0.1) is 19.8 Å². The fourth-order valence-corrected chi connectivity index (χ4v) is 3.89. The number of piperidine rings is 1. The zero-order valence-corrected chi connectivity index (χ0v) is 15.9. The Morgan fingerprint density at radius 1 is 1.11 bits per heavy atom. The molecule has 5 heteroatoms. The lowest BCUT2D eigenvalue weighted by atomic mass is 9.94. The minimum Gasteiger partial charge on any atom is -0.369 e. The second kappa shape index (κ2) is 8.35. The number of nitrogens with one attached hydrogen (secondary N) is 1. The maximum atomic E-state index is 13.2. The Kier molecular flexibility index (Phi) is 5.91. The first-order valence-corrected chi connectivity index (χ1v) is 9.41. The summed E-state index contributed by atoms with van der Waals surface area (Å²) < 4.78 is 0. The Bertz CT molecular complexity index is 799. The first-order valence-electron chi connectivity index (χ1n) is 9.41. The van der Waals surface area contributed by atoms with Crippen LogP contribution in [0.1, 0.15) is 35.6 Å². The van der Waals surface area contributed by atoms with Gasteiger partial charge < -0.3 is 11.1 Å². The highest BCUT2D eigenvalue weighted by molar-refractivity contribution is 5.95. The molecular formula is C22H27N3O2. The van der Waals surface area contributed by atoms with Gasteiger partial charge in [-0.25, -0.2) is 0 Å². The van der Waals surface area contributed by atoms with Crippen molar-refractivity contribution in [2.75, 3.05) is 18.4 Å². The van der Waals surface area contributed by atoms with Crippen molar-refractivity contribution in [1.82, 2.24) is 4.90 Å². The van der Waals surface area contributed by atoms with E-state index in [1.807, 2.05) is 56.3 Å². The van der Waals surface area contributed by atoms with Crippen LogP contribution in [0.3, 0.4) is 0 Å². The number of rotatable bonds is 5. The summed E-state index contributed by atoms with van der Waals surface area (Å²) >= 11 is 0. The van der Waals surface area contributed by atoms with Gasteiger partial charge in [-0.2, -0.15) is 0 Å². The van der Waals surface area contributed by atoms with E-state index in [0.29, 0.717) is 6.54 Å². The lowest BCUT2D eigenvalue weighted by molar-refractivity contribution is -0.127. The standard InChI is InChI=1S/C22H27N3O2/c1-15-11-16(2)13-19(12-15)24-22(27)20(17-7-4-3-5-8-17)25-10-6-9-18(14-25)21(23)26/h3-5,7-8,11-13,18,20H,6,9-10,14H2,1-2H3,(H2,23,26)(H,24,27)/t18-,20-/m0/s1. The van der Waals surface area contributed by atoms with Crippen LogP contribution in [-0.4, -0.2) is 29.8 Å². The van der Waals surface area contributed by atoms with Crippen LogP contribution in [0.25, 0.3) is 0 Å². The molecule has 0 aliphatic carbocycles. The summed E-state index contributed by atoms with van der Waals surface area (Å²) in [4.78, 5) is 27.0. The highest BCUT2D eigenvalue weighted by Crippen LogP contribution is 2.28. The van der Waals surface area contributed by atoms with Crippen molar-refractivity contribution in [2.45, 2.75) is 32.7 Å². The molecule has 27 heavy (non-hydrogen) atoms. The van der Waals surface area contributed by atoms with Gasteiger partial charge in [-0.05, 0) is 62.1 Å². The molecule has 1 saturated heterocycles. The number of nitrogens with two attached hydrogens (primary N) is 1. The maximum absolute atomic E-state index is 13.2. The third-order valence-electron chi connectivity index (χ3n) is 5.07. The largest absolute Gasteiger partial charge is 0.369 e. The second-order valence-corrected chi connectivity index (χ2v) is 7.42. The average molecular weight is 365 g/mol. The van der Waals surface area contributed by atoms with Crippen molar-refractivity contribution in [2.24, 2.45) is 11.7 Å². The number of carbonyl (C=O) groups excluding carboxylic acids is 2. The molecule has 0 spiro atoms. The summed E-state index contributed by atoms with van der Waals surface area (Å²) in [5, 5.41) is 3.07. The average Bonchev–Trinajstić information content (AvgIpc) is 2.62. The normalized spacial score (nSPS) is 18.7. The van der Waals surface area contributed by atoms with Gasteiger partial charge in [0, 0.05) is 12.2 Å². The van der Waals surface area contributed by atoms with Crippen LogP contribution < -0.4 is 11.1 Å². The van der Waals surface area contributed by atoms with Crippen molar-refractivity contribution < 1.29 is 9.59 Å². The molecule has 0 saturated carbocycles. The summed E-state index contributed by atoms with van der Waals surface area (Å²) in [6.07, 6.45) is 1.64. The minimum absolute atomic E-state index is 0.0867. The number of hydrogen-bond donors (Lipinski definition) is 2. The predicted molar refractivity (Wildman–Crippen MR) is 107 cm³/mol. The number of anilines is 1. The molecule has 0 aromatic heterocycles. The number of carbonyl (C=O) groups is 2. The second-order valence-electron chi connectivity index (χ2n) is 7.42. The molecule has 3 N–H and O–H groups in total. The summed E-state index contributed by atoms with van der Waals surface area (Å²) in [6.45, 7) is 5.30. The lowest BCUT2D eigenvalue weighted by Crippen LogP contribution is -2.46. The Morgan fingerprint density at radius 3 is 2.41 bits per heavy atom. The summed E-state index contributed by atoms with van der Waals surface area (Å²) in [6, 6.07) is 15.3. The summed E-state index contributed by atoms with van der Waals surface area (Å²) in [7, 11) is 0. The molecule has 1 aliphatic rings. The number of nitrogens with zero attached hydrogens (tertiary/aromatic N) is 1. The predicted octanol–water partition coefficient (Wildman–Crippen LogP) is 3.18. The van der Waals surface area contributed by atoms with E-state index in [-0.39, 0.29) is 17.7 Å². The van der Waals surface area contributed by atoms with Crippen molar-refractivity contribution in [3.05, 3.63) is 65.2 Å². The molecule has 5 nitrogen and oxygen atoms in total. The Labute approximate surface area is 160 Å². The molecule has 2 aromatic carbocycles. The molecule has 1 heterocycles. The molecule has 142 valence electrons. The number of benzene rings is 2. The topological polar surface area (TPSA) is 75.4 Å². The Hall–Kier alpha value is -2.66. The van der Waals surface area contributed by atoms with E-state index in [4.69, 9.17) is 5.73 Å². The molecule has 2 aromatic rings. The molecule has 2 atom stereocenters. The van der Waals surface area contributed by atoms with Gasteiger partial charge in [-0.3, -0.25) is 14.5 Å². The zero-order valence-electron chi connectivity index (χ0n) is 15.9. The number of hydrogen-bond acceptors (Lipinski definition) is 3. The molecule has 2 amide bonds. The van der Waals surface area contributed by atoms with Crippen LogP contribution in [-0.2, 0) is 9.59 Å². The van der Waals surface area contributed by atoms with E-state index in [1.165, 1.54) is 0 Å². The van der Waals surface area contributed by atoms with Gasteiger partial charge >= 0.3 is 0 Å². The Morgan fingerprint density at radius 2 is 1.78 bits per heavy atom. The minimum atomic E-state index is -0.450. The summed E-state index contributed by atoms with van der Waals surface area (Å²) in [5.41, 5.74) is 9.46. The molecular weight excluding hydrogens is 338 g/mol. The van der Waals surface area contributed by atoms with Crippen molar-refractivity contribution >= 4 is 17.5 Å². The monoisotopic (exact) mass is 365 g/mol. The van der Waals surface area contributed by atoms with Crippen LogP contribution in [0.2, 0.25) is 0 Å². The van der Waals surface area contributed by atoms with Crippen molar-refractivity contribution in [3.63, 3.8) is 0 Å². The first-order chi connectivity index (χ1) is 12.9. The third kappa shape index (κ3) is 4.74. The zero-order chi connectivity index (χ0) is 19.4. The highest BCUT2D eigenvalue weighted by atomic mass is 16.2. The van der Waals surface area contributed by atoms with Crippen molar-refractivity contribution in [1.29, 1.82) is 0 Å². The van der Waals surface area contributed by atoms with Gasteiger partial charge in [0.05, 0.1) is 5.92 Å². The third-order valence-corrected chi connectivity index (χ3v) is 5.07. The summed E-state index contributed by atoms with van der Waals surface area (Å²) in [5.74, 6) is -0.587. The molecule has 3 rings (SSSR count). The van der Waals surface area contributed by atoms with Crippen LogP contribution in [0.15, 0.2) is 48.5 Å². The molecule has 1 aliphatic heterocycles. The van der Waals surface area contributed by atoms with Gasteiger partial charge in [0.2, 0.25) is 11.8 Å². The van der Waals surface area contributed by atoms with E-state index in [9.17, 15) is 9.59 Å². The van der Waals surface area contributed by atoms with E-state index < -0.39 is 6.04 Å². The van der Waals surface area contributed by atoms with Crippen LogP contribution in [0.5, 0.6) is 0 Å². The van der Waals surface area contributed by atoms with E-state index in [1.54, 1.807) is 0 Å². The molecule has 1 fully saturated rings. The number of aryl methyl sites for hydroxylation is 2. The van der Waals surface area contributed by atoms with Crippen molar-refractivity contribution in [3.8, 4) is 0 Å². The molecule has 0 unspecified atom stereocenters. The molecule has 0 bridgehead atoms. The lowest BCUT2D eigenvalue weighted by Gasteiger charge is -2.36. The van der Waals surface area contributed by atoms with Gasteiger partial charge in [-0.1, -0.05) is 36.4 Å². The van der Waals surface area contributed by atoms with Crippen LogP contribution in [0.4, 0.5) is 5.69 Å². The van der Waals surface area contributed by atoms with E-state index in [2.05, 4.69) is 16.3 Å².